The highest BCUT2D eigenvalue weighted by Gasteiger charge is 2.41. The third-order valence-corrected chi connectivity index (χ3v) is 5.35. The summed E-state index contributed by atoms with van der Waals surface area (Å²) < 4.78 is 11.9. The van der Waals surface area contributed by atoms with Crippen LogP contribution in [0.25, 0.3) is 0 Å². The van der Waals surface area contributed by atoms with Gasteiger partial charge in [0.25, 0.3) is 0 Å². The second-order valence-corrected chi connectivity index (χ2v) is 8.15. The summed E-state index contributed by atoms with van der Waals surface area (Å²) in [5, 5.41) is 3.01. The van der Waals surface area contributed by atoms with Crippen LogP contribution in [-0.2, 0) is 14.3 Å². The fourth-order valence-corrected chi connectivity index (χ4v) is 3.49. The molecule has 1 spiro atoms. The summed E-state index contributed by atoms with van der Waals surface area (Å²) >= 11 is 0. The first kappa shape index (κ1) is 21.0. The standard InChI is InChI=1S/C19H35N3O4/c1-15(2)5-9-20-18(24)22-10-7-19(8-11-22)13-16(6-12-26-19)25-14-17(23)21(3)4/h15-16H,5-14H2,1-4H3,(H,20,24). The number of hydrogen-bond acceptors (Lipinski definition) is 4. The number of amides is 3. The van der Waals surface area contributed by atoms with E-state index in [2.05, 4.69) is 19.2 Å². The average molecular weight is 370 g/mol. The van der Waals surface area contributed by atoms with Gasteiger partial charge in [-0.1, -0.05) is 13.8 Å². The Labute approximate surface area is 157 Å². The maximum absolute atomic E-state index is 12.3. The minimum Gasteiger partial charge on any atom is -0.375 e. The molecule has 2 fully saturated rings. The van der Waals surface area contributed by atoms with Crippen LogP contribution in [0.2, 0.25) is 0 Å². The Bertz CT molecular complexity index is 473. The van der Waals surface area contributed by atoms with Gasteiger partial charge in [0.15, 0.2) is 0 Å². The maximum atomic E-state index is 12.3. The highest BCUT2D eigenvalue weighted by molar-refractivity contribution is 5.76. The number of nitrogens with zero attached hydrogens (tertiary/aromatic N) is 2. The molecule has 2 saturated heterocycles. The van der Waals surface area contributed by atoms with Crippen LogP contribution < -0.4 is 5.32 Å². The van der Waals surface area contributed by atoms with Crippen LogP contribution in [0, 0.1) is 5.92 Å². The lowest BCUT2D eigenvalue weighted by atomic mass is 9.83. The Balaban J connectivity index is 1.76. The highest BCUT2D eigenvalue weighted by atomic mass is 16.5. The van der Waals surface area contributed by atoms with Gasteiger partial charge < -0.3 is 24.6 Å². The molecule has 0 aromatic heterocycles. The van der Waals surface area contributed by atoms with Crippen LogP contribution >= 0.6 is 0 Å². The third kappa shape index (κ3) is 6.13. The topological polar surface area (TPSA) is 71.1 Å². The summed E-state index contributed by atoms with van der Waals surface area (Å²) in [6.45, 7) is 7.22. The Morgan fingerprint density at radius 3 is 2.62 bits per heavy atom. The number of nitrogens with one attached hydrogen (secondary N) is 1. The van der Waals surface area contributed by atoms with Crippen molar-refractivity contribution in [1.82, 2.24) is 15.1 Å². The van der Waals surface area contributed by atoms with Gasteiger partial charge in [0.2, 0.25) is 5.91 Å². The minimum atomic E-state index is -0.210. The molecule has 2 heterocycles. The van der Waals surface area contributed by atoms with Crippen molar-refractivity contribution in [3.05, 3.63) is 0 Å². The van der Waals surface area contributed by atoms with E-state index in [-0.39, 0.29) is 30.3 Å². The minimum absolute atomic E-state index is 0.0153. The van der Waals surface area contributed by atoms with Crippen LogP contribution in [0.1, 0.15) is 46.0 Å². The van der Waals surface area contributed by atoms with Crippen LogP contribution in [-0.4, -0.2) is 80.4 Å². The number of rotatable bonds is 6. The first-order valence-electron chi connectivity index (χ1n) is 9.80. The van der Waals surface area contributed by atoms with Crippen molar-refractivity contribution in [1.29, 1.82) is 0 Å². The van der Waals surface area contributed by atoms with E-state index < -0.39 is 0 Å². The maximum Gasteiger partial charge on any atom is 0.317 e. The molecule has 26 heavy (non-hydrogen) atoms. The summed E-state index contributed by atoms with van der Waals surface area (Å²) in [7, 11) is 3.47. The Morgan fingerprint density at radius 1 is 1.31 bits per heavy atom. The molecular formula is C19H35N3O4. The number of carbonyl (C=O) groups is 2. The lowest BCUT2D eigenvalue weighted by molar-refractivity contribution is -0.160. The van der Waals surface area contributed by atoms with E-state index in [9.17, 15) is 9.59 Å². The predicted molar refractivity (Wildman–Crippen MR) is 100 cm³/mol. The van der Waals surface area contributed by atoms with E-state index >= 15 is 0 Å². The number of carbonyl (C=O) groups excluding carboxylic acids is 2. The Kier molecular flexibility index (Phi) is 7.70. The predicted octanol–water partition coefficient (Wildman–Crippen LogP) is 1.86. The van der Waals surface area contributed by atoms with Crippen LogP contribution in [0.15, 0.2) is 0 Å². The Hall–Kier alpha value is -1.34. The molecular weight excluding hydrogens is 334 g/mol. The molecule has 0 saturated carbocycles. The highest BCUT2D eigenvalue weighted by Crippen LogP contribution is 2.36. The molecule has 2 rings (SSSR count). The number of ether oxygens (including phenoxy) is 2. The molecule has 0 aliphatic carbocycles. The monoisotopic (exact) mass is 369 g/mol. The zero-order valence-corrected chi connectivity index (χ0v) is 16.8. The molecule has 0 bridgehead atoms. The second-order valence-electron chi connectivity index (χ2n) is 8.15. The number of urea groups is 1. The van der Waals surface area contributed by atoms with Gasteiger partial charge in [-0.3, -0.25) is 4.79 Å². The van der Waals surface area contributed by atoms with Crippen molar-refractivity contribution in [2.45, 2.75) is 57.7 Å². The number of piperidine rings is 1. The molecule has 0 aromatic carbocycles. The summed E-state index contributed by atoms with van der Waals surface area (Å²) in [5.74, 6) is 0.574. The van der Waals surface area contributed by atoms with E-state index in [1.54, 1.807) is 19.0 Å². The van der Waals surface area contributed by atoms with E-state index in [4.69, 9.17) is 9.47 Å². The zero-order valence-electron chi connectivity index (χ0n) is 16.8. The molecule has 2 aliphatic heterocycles. The van der Waals surface area contributed by atoms with Gasteiger partial charge in [0.05, 0.1) is 11.7 Å². The van der Waals surface area contributed by atoms with Crippen LogP contribution in [0.3, 0.4) is 0 Å². The third-order valence-electron chi connectivity index (χ3n) is 5.35. The summed E-state index contributed by atoms with van der Waals surface area (Å²) in [6.07, 6.45) is 4.33. The van der Waals surface area contributed by atoms with Crippen molar-refractivity contribution in [3.63, 3.8) is 0 Å². The van der Waals surface area contributed by atoms with Crippen molar-refractivity contribution in [2.24, 2.45) is 5.92 Å². The average Bonchev–Trinajstić information content (AvgIpc) is 2.60. The molecule has 7 heteroatoms. The van der Waals surface area contributed by atoms with Gasteiger partial charge >= 0.3 is 6.03 Å². The quantitative estimate of drug-likeness (QED) is 0.776. The first-order valence-corrected chi connectivity index (χ1v) is 9.80. The van der Waals surface area contributed by atoms with Crippen molar-refractivity contribution < 1.29 is 19.1 Å². The van der Waals surface area contributed by atoms with Crippen LogP contribution in [0.4, 0.5) is 4.79 Å². The molecule has 2 aliphatic rings. The SMILES string of the molecule is CC(C)CCNC(=O)N1CCC2(CC1)CC(OCC(=O)N(C)C)CCO2. The molecule has 1 atom stereocenters. The molecule has 150 valence electrons. The largest absolute Gasteiger partial charge is 0.375 e. The fourth-order valence-electron chi connectivity index (χ4n) is 3.49. The number of likely N-dealkylation sites (N-methyl/N-ethyl adjacent to an activating group) is 1. The van der Waals surface area contributed by atoms with Crippen molar-refractivity contribution in [3.8, 4) is 0 Å². The molecule has 1 N–H and O–H groups in total. The number of likely N-dealkylation sites (tertiary alicyclic amines) is 1. The molecule has 3 amide bonds. The lowest BCUT2D eigenvalue weighted by Crippen LogP contribution is -2.54. The van der Waals surface area contributed by atoms with Gasteiger partial charge in [-0.05, 0) is 31.6 Å². The Morgan fingerprint density at radius 2 is 2.00 bits per heavy atom. The molecule has 7 nitrogen and oxygen atoms in total. The van der Waals surface area contributed by atoms with Gasteiger partial charge in [-0.2, -0.15) is 0 Å². The first-order chi connectivity index (χ1) is 12.3. The summed E-state index contributed by atoms with van der Waals surface area (Å²) in [4.78, 5) is 27.4. The summed E-state index contributed by atoms with van der Waals surface area (Å²) in [6, 6.07) is 0.0284. The van der Waals surface area contributed by atoms with Gasteiger partial charge in [0, 0.05) is 46.8 Å². The number of hydrogen-bond donors (Lipinski definition) is 1. The van der Waals surface area contributed by atoms with E-state index in [1.165, 1.54) is 0 Å². The molecule has 0 radical (unpaired) electrons. The molecule has 1 unspecified atom stereocenters. The van der Waals surface area contributed by atoms with Crippen LogP contribution in [0.5, 0.6) is 0 Å². The smallest absolute Gasteiger partial charge is 0.317 e. The van der Waals surface area contributed by atoms with E-state index in [0.29, 0.717) is 25.6 Å². The normalized spacial score (nSPS) is 22.5. The zero-order chi connectivity index (χ0) is 19.2. The second kappa shape index (κ2) is 9.55. The van der Waals surface area contributed by atoms with Gasteiger partial charge in [-0.15, -0.1) is 0 Å². The van der Waals surface area contributed by atoms with E-state index in [1.807, 2.05) is 4.90 Å². The van der Waals surface area contributed by atoms with Gasteiger partial charge in [0.1, 0.15) is 6.61 Å². The fraction of sp³-hybridized carbons (Fsp3) is 0.895. The molecule has 0 aromatic rings. The van der Waals surface area contributed by atoms with Gasteiger partial charge in [-0.25, -0.2) is 4.79 Å². The summed E-state index contributed by atoms with van der Waals surface area (Å²) in [5.41, 5.74) is -0.210. The lowest BCUT2D eigenvalue weighted by Gasteiger charge is -2.46. The van der Waals surface area contributed by atoms with Crippen molar-refractivity contribution >= 4 is 11.9 Å². The van der Waals surface area contributed by atoms with Crippen molar-refractivity contribution in [2.75, 3.05) is 46.9 Å². The van der Waals surface area contributed by atoms with E-state index in [0.717, 1.165) is 38.6 Å².